The topological polar surface area (TPSA) is 3.24 Å². The highest BCUT2D eigenvalue weighted by Gasteiger charge is 2.37. The summed E-state index contributed by atoms with van der Waals surface area (Å²) < 4.78 is 2.70. The highest BCUT2D eigenvalue weighted by atomic mass is 32.1. The van der Waals surface area contributed by atoms with Crippen LogP contribution in [0, 0.1) is 0 Å². The summed E-state index contributed by atoms with van der Waals surface area (Å²) in [4.78, 5) is 2.43. The Morgan fingerprint density at radius 1 is 0.411 bits per heavy atom. The van der Waals surface area contributed by atoms with E-state index in [-0.39, 0.29) is 10.8 Å². The second-order valence-electron chi connectivity index (χ2n) is 16.8. The summed E-state index contributed by atoms with van der Waals surface area (Å²) in [5.41, 5.74) is 14.2. The zero-order valence-corrected chi connectivity index (χ0v) is 33.3. The first-order valence-electron chi connectivity index (χ1n) is 19.9. The third kappa shape index (κ3) is 5.92. The third-order valence-electron chi connectivity index (χ3n) is 12.3. The van der Waals surface area contributed by atoms with Gasteiger partial charge < -0.3 is 4.90 Å². The van der Waals surface area contributed by atoms with Gasteiger partial charge in [-0.2, -0.15) is 0 Å². The fourth-order valence-corrected chi connectivity index (χ4v) is 10.3. The molecule has 0 atom stereocenters. The minimum absolute atomic E-state index is 0.176. The maximum atomic E-state index is 2.53. The summed E-state index contributed by atoms with van der Waals surface area (Å²) in [6.45, 7) is 9.70. The van der Waals surface area contributed by atoms with E-state index in [0.29, 0.717) is 0 Å². The molecule has 8 aromatic carbocycles. The van der Waals surface area contributed by atoms with Crippen LogP contribution in [0.3, 0.4) is 0 Å². The first kappa shape index (κ1) is 34.5. The van der Waals surface area contributed by atoms with E-state index in [2.05, 4.69) is 209 Å². The lowest BCUT2D eigenvalue weighted by molar-refractivity contribution is 0.332. The first-order valence-corrected chi connectivity index (χ1v) is 20.7. The van der Waals surface area contributed by atoms with E-state index in [1.807, 2.05) is 11.3 Å². The number of nitrogens with zero attached hydrogens (tertiary/aromatic N) is 1. The second-order valence-corrected chi connectivity index (χ2v) is 17.9. The van der Waals surface area contributed by atoms with Crippen molar-refractivity contribution in [3.05, 3.63) is 187 Å². The molecular formula is C54H45NS. The summed E-state index contributed by atoms with van der Waals surface area (Å²) in [6.07, 6.45) is 2.44. The standard InChI is InChI=1S/C54H45NS/c1-53(2)30-31-54(3,4)49-35-51-47(34-48(49)53)46-29-28-43(33-50(46)56-51)55(42-21-11-20-40(32-42)36-14-7-5-8-15-36)41-26-24-38(25-27-41)45-23-13-19-39-18-12-22-44(52(39)45)37-16-9-6-10-17-37/h5-29,32-35H,30-31H2,1-4H3. The molecule has 0 saturated heterocycles. The molecule has 1 heterocycles. The van der Waals surface area contributed by atoms with Crippen LogP contribution in [-0.4, -0.2) is 0 Å². The molecule has 1 nitrogen and oxygen atoms in total. The fourth-order valence-electron chi connectivity index (χ4n) is 9.10. The Kier molecular flexibility index (Phi) is 8.24. The highest BCUT2D eigenvalue weighted by Crippen LogP contribution is 2.50. The minimum Gasteiger partial charge on any atom is -0.310 e. The Bertz CT molecular complexity index is 2890. The van der Waals surface area contributed by atoms with Gasteiger partial charge in [-0.3, -0.25) is 0 Å². The zero-order chi connectivity index (χ0) is 38.0. The molecule has 10 rings (SSSR count). The van der Waals surface area contributed by atoms with Crippen molar-refractivity contribution < 1.29 is 0 Å². The van der Waals surface area contributed by atoms with Crippen molar-refractivity contribution in [2.24, 2.45) is 0 Å². The summed E-state index contributed by atoms with van der Waals surface area (Å²) in [6, 6.07) is 65.0. The number of hydrogen-bond donors (Lipinski definition) is 0. The molecule has 2 heteroatoms. The number of anilines is 3. The van der Waals surface area contributed by atoms with Crippen LogP contribution >= 0.6 is 11.3 Å². The summed E-state index contributed by atoms with van der Waals surface area (Å²) in [5.74, 6) is 0. The predicted molar refractivity (Wildman–Crippen MR) is 243 cm³/mol. The smallest absolute Gasteiger partial charge is 0.0476 e. The van der Waals surface area contributed by atoms with E-state index in [1.54, 1.807) is 0 Å². The van der Waals surface area contributed by atoms with E-state index >= 15 is 0 Å². The molecule has 9 aromatic rings. The molecule has 56 heavy (non-hydrogen) atoms. The van der Waals surface area contributed by atoms with Crippen molar-refractivity contribution in [3.8, 4) is 33.4 Å². The molecule has 0 saturated carbocycles. The van der Waals surface area contributed by atoms with Crippen LogP contribution in [0.5, 0.6) is 0 Å². The van der Waals surface area contributed by atoms with Crippen LogP contribution in [0.25, 0.3) is 64.3 Å². The summed E-state index contributed by atoms with van der Waals surface area (Å²) in [5, 5.41) is 5.25. The molecule has 0 amide bonds. The van der Waals surface area contributed by atoms with Crippen LogP contribution in [0.15, 0.2) is 176 Å². The molecule has 0 aliphatic heterocycles. The third-order valence-corrected chi connectivity index (χ3v) is 13.4. The molecule has 1 aliphatic carbocycles. The second kappa shape index (κ2) is 13.4. The quantitative estimate of drug-likeness (QED) is 0.164. The normalized spacial score (nSPS) is 14.6. The van der Waals surface area contributed by atoms with Gasteiger partial charge in [0.1, 0.15) is 0 Å². The fraction of sp³-hybridized carbons (Fsp3) is 0.148. The summed E-state index contributed by atoms with van der Waals surface area (Å²) >= 11 is 1.93. The minimum atomic E-state index is 0.176. The molecule has 0 N–H and O–H groups in total. The maximum absolute atomic E-state index is 2.53. The van der Waals surface area contributed by atoms with Gasteiger partial charge in [0, 0.05) is 37.2 Å². The predicted octanol–water partition coefficient (Wildman–Crippen LogP) is 16.0. The van der Waals surface area contributed by atoms with E-state index in [0.717, 1.165) is 17.1 Å². The molecule has 0 radical (unpaired) electrons. The number of hydrogen-bond acceptors (Lipinski definition) is 2. The van der Waals surface area contributed by atoms with Crippen molar-refractivity contribution in [2.45, 2.75) is 51.4 Å². The van der Waals surface area contributed by atoms with E-state index in [1.165, 1.54) is 88.3 Å². The lowest BCUT2D eigenvalue weighted by Crippen LogP contribution is -2.33. The molecular weight excluding hydrogens is 695 g/mol. The average molecular weight is 740 g/mol. The van der Waals surface area contributed by atoms with Gasteiger partial charge in [0.2, 0.25) is 0 Å². The van der Waals surface area contributed by atoms with Crippen LogP contribution in [0.2, 0.25) is 0 Å². The van der Waals surface area contributed by atoms with Gasteiger partial charge in [-0.25, -0.2) is 0 Å². The van der Waals surface area contributed by atoms with Gasteiger partial charge >= 0.3 is 0 Å². The van der Waals surface area contributed by atoms with Crippen LogP contribution in [-0.2, 0) is 10.8 Å². The lowest BCUT2D eigenvalue weighted by atomic mass is 9.63. The Morgan fingerprint density at radius 3 is 1.62 bits per heavy atom. The van der Waals surface area contributed by atoms with Crippen molar-refractivity contribution in [1.82, 2.24) is 0 Å². The van der Waals surface area contributed by atoms with Crippen LogP contribution in [0.1, 0.15) is 51.7 Å². The molecule has 0 bridgehead atoms. The highest BCUT2D eigenvalue weighted by molar-refractivity contribution is 7.25. The van der Waals surface area contributed by atoms with E-state index in [4.69, 9.17) is 0 Å². The van der Waals surface area contributed by atoms with Crippen LogP contribution in [0.4, 0.5) is 17.1 Å². The van der Waals surface area contributed by atoms with Crippen molar-refractivity contribution >= 4 is 59.3 Å². The molecule has 0 spiro atoms. The Morgan fingerprint density at radius 2 is 0.946 bits per heavy atom. The van der Waals surface area contributed by atoms with Gasteiger partial charge in [-0.1, -0.05) is 155 Å². The van der Waals surface area contributed by atoms with Crippen molar-refractivity contribution in [1.29, 1.82) is 0 Å². The maximum Gasteiger partial charge on any atom is 0.0476 e. The monoisotopic (exact) mass is 739 g/mol. The zero-order valence-electron chi connectivity index (χ0n) is 32.5. The molecule has 272 valence electrons. The molecule has 1 aliphatic rings. The van der Waals surface area contributed by atoms with Gasteiger partial charge in [0.05, 0.1) is 0 Å². The average Bonchev–Trinajstić information content (AvgIpc) is 3.60. The van der Waals surface area contributed by atoms with Gasteiger partial charge in [-0.05, 0) is 127 Å². The Hall–Kier alpha value is -5.96. The first-order chi connectivity index (χ1) is 27.2. The Labute approximate surface area is 334 Å². The number of thiophene rings is 1. The SMILES string of the molecule is CC1(C)CCC(C)(C)c2cc3c(cc21)sc1cc(N(c2ccc(-c4cccc5cccc(-c6ccccc6)c45)cc2)c2cccc(-c4ccccc4)c2)ccc13. The van der Waals surface area contributed by atoms with Crippen molar-refractivity contribution in [2.75, 3.05) is 4.90 Å². The van der Waals surface area contributed by atoms with Gasteiger partial charge in [0.25, 0.3) is 0 Å². The molecule has 0 fully saturated rings. The Balaban J connectivity index is 1.12. The number of rotatable bonds is 6. The largest absolute Gasteiger partial charge is 0.310 e. The molecule has 1 aromatic heterocycles. The number of fused-ring (bicyclic) bond motifs is 5. The van der Waals surface area contributed by atoms with E-state index in [9.17, 15) is 0 Å². The van der Waals surface area contributed by atoms with E-state index < -0.39 is 0 Å². The lowest BCUT2D eigenvalue weighted by Gasteiger charge is -2.41. The van der Waals surface area contributed by atoms with Gasteiger partial charge in [-0.15, -0.1) is 11.3 Å². The van der Waals surface area contributed by atoms with Crippen molar-refractivity contribution in [3.63, 3.8) is 0 Å². The van der Waals surface area contributed by atoms with Crippen LogP contribution < -0.4 is 4.90 Å². The van der Waals surface area contributed by atoms with Gasteiger partial charge in [0.15, 0.2) is 0 Å². The summed E-state index contributed by atoms with van der Waals surface area (Å²) in [7, 11) is 0. The number of benzene rings is 8. The molecule has 0 unspecified atom stereocenters.